The van der Waals surface area contributed by atoms with Gasteiger partial charge in [0.2, 0.25) is 5.91 Å². The summed E-state index contributed by atoms with van der Waals surface area (Å²) in [6, 6.07) is 10.1. The zero-order chi connectivity index (χ0) is 15.4. The van der Waals surface area contributed by atoms with Crippen molar-refractivity contribution in [3.63, 3.8) is 0 Å². The third-order valence-electron chi connectivity index (χ3n) is 4.42. The standard InChI is InChI=1S/C17H23NO3/c1-12(13-6-4-3-5-7-13)11-18(2)16(19)14-8-9-15(10-14)17(20)21/h3-7,12,14-15H,8-11H2,1-2H3,(H,20,21)/t12?,14-,15+/m1/s1. The van der Waals surface area contributed by atoms with Crippen molar-refractivity contribution in [2.24, 2.45) is 11.8 Å². The number of aliphatic carboxylic acids is 1. The van der Waals surface area contributed by atoms with Gasteiger partial charge in [0.25, 0.3) is 0 Å². The minimum Gasteiger partial charge on any atom is -0.481 e. The van der Waals surface area contributed by atoms with Crippen LogP contribution in [-0.2, 0) is 9.59 Å². The number of hydrogen-bond donors (Lipinski definition) is 1. The fourth-order valence-corrected chi connectivity index (χ4v) is 3.13. The predicted octanol–water partition coefficient (Wildman–Crippen LogP) is 2.75. The van der Waals surface area contributed by atoms with Gasteiger partial charge in [-0.3, -0.25) is 9.59 Å². The molecule has 4 heteroatoms. The van der Waals surface area contributed by atoms with Gasteiger partial charge in [0, 0.05) is 19.5 Å². The van der Waals surface area contributed by atoms with Gasteiger partial charge in [-0.15, -0.1) is 0 Å². The van der Waals surface area contributed by atoms with E-state index >= 15 is 0 Å². The number of amides is 1. The van der Waals surface area contributed by atoms with Crippen LogP contribution in [0, 0.1) is 11.8 Å². The molecule has 1 amide bonds. The van der Waals surface area contributed by atoms with E-state index in [-0.39, 0.29) is 23.7 Å². The van der Waals surface area contributed by atoms with Crippen molar-refractivity contribution < 1.29 is 14.7 Å². The minimum absolute atomic E-state index is 0.0848. The molecule has 0 bridgehead atoms. The monoisotopic (exact) mass is 289 g/mol. The lowest BCUT2D eigenvalue weighted by Crippen LogP contribution is -2.34. The highest BCUT2D eigenvalue weighted by molar-refractivity contribution is 5.80. The van der Waals surface area contributed by atoms with E-state index in [1.165, 1.54) is 5.56 Å². The molecule has 4 nitrogen and oxygen atoms in total. The molecule has 1 aliphatic carbocycles. The summed E-state index contributed by atoms with van der Waals surface area (Å²) in [5.41, 5.74) is 1.21. The van der Waals surface area contributed by atoms with Gasteiger partial charge in [-0.2, -0.15) is 0 Å². The Morgan fingerprint density at radius 3 is 2.43 bits per heavy atom. The highest BCUT2D eigenvalue weighted by Gasteiger charge is 2.35. The number of carboxylic acids is 1. The SMILES string of the molecule is CC(CN(C)C(=O)[C@@H]1CC[C@H](C(=O)O)C1)c1ccccc1. The molecule has 3 atom stereocenters. The maximum absolute atomic E-state index is 12.4. The smallest absolute Gasteiger partial charge is 0.306 e. The van der Waals surface area contributed by atoms with Crippen LogP contribution >= 0.6 is 0 Å². The molecule has 114 valence electrons. The molecule has 0 radical (unpaired) electrons. The molecule has 1 N–H and O–H groups in total. The second kappa shape index (κ2) is 6.74. The third kappa shape index (κ3) is 3.84. The molecule has 1 aliphatic rings. The van der Waals surface area contributed by atoms with Gasteiger partial charge < -0.3 is 10.0 Å². The topological polar surface area (TPSA) is 57.6 Å². The van der Waals surface area contributed by atoms with Crippen molar-refractivity contribution in [1.82, 2.24) is 4.90 Å². The molecule has 0 spiro atoms. The Hall–Kier alpha value is -1.84. The second-order valence-electron chi connectivity index (χ2n) is 6.08. The van der Waals surface area contributed by atoms with E-state index in [1.807, 2.05) is 25.2 Å². The summed E-state index contributed by atoms with van der Waals surface area (Å²) >= 11 is 0. The number of carboxylic acid groups (broad SMARTS) is 1. The van der Waals surface area contributed by atoms with Crippen molar-refractivity contribution in [3.05, 3.63) is 35.9 Å². The highest BCUT2D eigenvalue weighted by atomic mass is 16.4. The van der Waals surface area contributed by atoms with Crippen molar-refractivity contribution in [3.8, 4) is 0 Å². The summed E-state index contributed by atoms with van der Waals surface area (Å²) in [6.07, 6.45) is 1.80. The Labute approximate surface area is 125 Å². The molecule has 21 heavy (non-hydrogen) atoms. The van der Waals surface area contributed by atoms with E-state index in [1.54, 1.807) is 4.90 Å². The lowest BCUT2D eigenvalue weighted by atomic mass is 9.99. The quantitative estimate of drug-likeness (QED) is 0.906. The van der Waals surface area contributed by atoms with E-state index in [4.69, 9.17) is 5.11 Å². The predicted molar refractivity (Wildman–Crippen MR) is 81.0 cm³/mol. The molecular formula is C17H23NO3. The summed E-state index contributed by atoms with van der Waals surface area (Å²) in [6.45, 7) is 2.77. The van der Waals surface area contributed by atoms with E-state index in [9.17, 15) is 9.59 Å². The Morgan fingerprint density at radius 1 is 1.24 bits per heavy atom. The van der Waals surface area contributed by atoms with Crippen LogP contribution in [0.25, 0.3) is 0 Å². The van der Waals surface area contributed by atoms with E-state index in [0.717, 1.165) is 0 Å². The fourth-order valence-electron chi connectivity index (χ4n) is 3.13. The molecule has 1 aromatic rings. The minimum atomic E-state index is -0.773. The summed E-state index contributed by atoms with van der Waals surface area (Å²) < 4.78 is 0. The van der Waals surface area contributed by atoms with Crippen LogP contribution in [0.2, 0.25) is 0 Å². The lowest BCUT2D eigenvalue weighted by molar-refractivity contribution is -0.141. The van der Waals surface area contributed by atoms with E-state index in [0.29, 0.717) is 25.8 Å². The number of rotatable bonds is 5. The van der Waals surface area contributed by atoms with Gasteiger partial charge >= 0.3 is 5.97 Å². The van der Waals surface area contributed by atoms with Gasteiger partial charge in [-0.05, 0) is 30.7 Å². The van der Waals surface area contributed by atoms with Crippen LogP contribution in [0.5, 0.6) is 0 Å². The van der Waals surface area contributed by atoms with Crippen molar-refractivity contribution in [2.45, 2.75) is 32.1 Å². The molecule has 0 heterocycles. The second-order valence-corrected chi connectivity index (χ2v) is 6.08. The summed E-state index contributed by atoms with van der Waals surface area (Å²) in [5, 5.41) is 9.02. The molecule has 1 saturated carbocycles. The van der Waals surface area contributed by atoms with Gasteiger partial charge in [0.05, 0.1) is 5.92 Å². The molecule has 1 unspecified atom stereocenters. The van der Waals surface area contributed by atoms with E-state index < -0.39 is 5.97 Å². The average molecular weight is 289 g/mol. The largest absolute Gasteiger partial charge is 0.481 e. The molecule has 1 aromatic carbocycles. The first-order valence-corrected chi connectivity index (χ1v) is 7.51. The zero-order valence-electron chi connectivity index (χ0n) is 12.7. The molecule has 0 saturated heterocycles. The maximum atomic E-state index is 12.4. The average Bonchev–Trinajstić information content (AvgIpc) is 2.97. The van der Waals surface area contributed by atoms with Crippen LogP contribution in [0.3, 0.4) is 0 Å². The summed E-state index contributed by atoms with van der Waals surface area (Å²) in [5.74, 6) is -0.887. The Bertz CT molecular complexity index is 500. The van der Waals surface area contributed by atoms with E-state index in [2.05, 4.69) is 19.1 Å². The number of nitrogens with zero attached hydrogens (tertiary/aromatic N) is 1. The lowest BCUT2D eigenvalue weighted by Gasteiger charge is -2.24. The first kappa shape index (κ1) is 15.5. The van der Waals surface area contributed by atoms with Gasteiger partial charge in [-0.25, -0.2) is 0 Å². The van der Waals surface area contributed by atoms with Crippen LogP contribution in [-0.4, -0.2) is 35.5 Å². The molecule has 1 fully saturated rings. The number of likely N-dealkylation sites (N-methyl/N-ethyl adjacent to an activating group) is 1. The maximum Gasteiger partial charge on any atom is 0.306 e. The van der Waals surface area contributed by atoms with Crippen molar-refractivity contribution in [1.29, 1.82) is 0 Å². The number of hydrogen-bond acceptors (Lipinski definition) is 2. The molecule has 0 aromatic heterocycles. The summed E-state index contributed by atoms with van der Waals surface area (Å²) in [4.78, 5) is 25.1. The molecule has 0 aliphatic heterocycles. The zero-order valence-corrected chi connectivity index (χ0v) is 12.7. The first-order chi connectivity index (χ1) is 9.99. The van der Waals surface area contributed by atoms with Crippen LogP contribution < -0.4 is 0 Å². The normalized spacial score (nSPS) is 22.8. The van der Waals surface area contributed by atoms with Crippen molar-refractivity contribution in [2.75, 3.05) is 13.6 Å². The van der Waals surface area contributed by atoms with Crippen molar-refractivity contribution >= 4 is 11.9 Å². The number of carbonyl (C=O) groups is 2. The number of benzene rings is 1. The highest BCUT2D eigenvalue weighted by Crippen LogP contribution is 2.32. The van der Waals surface area contributed by atoms with Gasteiger partial charge in [0.15, 0.2) is 0 Å². The molecular weight excluding hydrogens is 266 g/mol. The van der Waals surface area contributed by atoms with Crippen LogP contribution in [0.1, 0.15) is 37.7 Å². The summed E-state index contributed by atoms with van der Waals surface area (Å²) in [7, 11) is 1.82. The Kier molecular flexibility index (Phi) is 4.99. The Balaban J connectivity index is 1.90. The van der Waals surface area contributed by atoms with Crippen LogP contribution in [0.4, 0.5) is 0 Å². The van der Waals surface area contributed by atoms with Gasteiger partial charge in [-0.1, -0.05) is 37.3 Å². The van der Waals surface area contributed by atoms with Gasteiger partial charge in [0.1, 0.15) is 0 Å². The number of carbonyl (C=O) groups excluding carboxylic acids is 1. The Morgan fingerprint density at radius 2 is 1.86 bits per heavy atom. The first-order valence-electron chi connectivity index (χ1n) is 7.51. The third-order valence-corrected chi connectivity index (χ3v) is 4.42. The van der Waals surface area contributed by atoms with Crippen LogP contribution in [0.15, 0.2) is 30.3 Å². The fraction of sp³-hybridized carbons (Fsp3) is 0.529. The molecule has 2 rings (SSSR count).